The summed E-state index contributed by atoms with van der Waals surface area (Å²) in [6, 6.07) is 0. The van der Waals surface area contributed by atoms with E-state index in [1.165, 1.54) is 32.1 Å². The van der Waals surface area contributed by atoms with Gasteiger partial charge in [-0.2, -0.15) is 12.6 Å². The van der Waals surface area contributed by atoms with Crippen LogP contribution >= 0.6 is 12.6 Å². The molecule has 0 radical (unpaired) electrons. The zero-order chi connectivity index (χ0) is 11.6. The van der Waals surface area contributed by atoms with Crippen molar-refractivity contribution in [1.29, 1.82) is 0 Å². The van der Waals surface area contributed by atoms with Crippen LogP contribution in [0.15, 0.2) is 0 Å². The topological polar surface area (TPSA) is 23.5 Å². The third-order valence-corrected chi connectivity index (χ3v) is 4.93. The number of thiol groups is 1. The standard InChI is InChI=1S/C13H25NOS/c1-13-7-3-2-4-11(13)5-8-14(10-13)12(15)6-9-16/h11-12,15-16H,2-10H2,1H3/t11-,12?,13-/m1/s1. The summed E-state index contributed by atoms with van der Waals surface area (Å²) in [4.78, 5) is 2.28. The summed E-state index contributed by atoms with van der Waals surface area (Å²) in [5, 5.41) is 10.1. The Labute approximate surface area is 105 Å². The van der Waals surface area contributed by atoms with Crippen molar-refractivity contribution >= 4 is 12.6 Å². The molecule has 2 nitrogen and oxygen atoms in total. The molecule has 2 rings (SSSR count). The van der Waals surface area contributed by atoms with Crippen molar-refractivity contribution < 1.29 is 5.11 Å². The van der Waals surface area contributed by atoms with Crippen LogP contribution in [-0.4, -0.2) is 35.1 Å². The molecule has 1 heterocycles. The second kappa shape index (κ2) is 5.28. The number of hydrogen-bond acceptors (Lipinski definition) is 3. The molecule has 2 aliphatic rings. The number of hydrogen-bond donors (Lipinski definition) is 2. The van der Waals surface area contributed by atoms with Crippen LogP contribution in [0.5, 0.6) is 0 Å². The molecule has 0 aromatic carbocycles. The molecule has 3 heteroatoms. The fourth-order valence-corrected chi connectivity index (χ4v) is 3.82. The molecular formula is C13H25NOS. The van der Waals surface area contributed by atoms with Gasteiger partial charge < -0.3 is 5.11 Å². The first-order valence-electron chi connectivity index (χ1n) is 6.69. The van der Waals surface area contributed by atoms with Crippen LogP contribution in [0.1, 0.15) is 45.4 Å². The Hall–Kier alpha value is 0.270. The van der Waals surface area contributed by atoms with Gasteiger partial charge in [0.1, 0.15) is 6.23 Å². The first kappa shape index (κ1) is 12.7. The van der Waals surface area contributed by atoms with Gasteiger partial charge in [0.05, 0.1) is 0 Å². The van der Waals surface area contributed by atoms with E-state index in [1.807, 2.05) is 0 Å². The molecule has 3 atom stereocenters. The van der Waals surface area contributed by atoms with Gasteiger partial charge in [-0.1, -0.05) is 19.8 Å². The number of piperidine rings is 1. The lowest BCUT2D eigenvalue weighted by molar-refractivity contribution is -0.0771. The molecular weight excluding hydrogens is 218 g/mol. The van der Waals surface area contributed by atoms with Gasteiger partial charge in [0, 0.05) is 13.1 Å². The molecule has 1 unspecified atom stereocenters. The molecule has 1 aliphatic heterocycles. The number of nitrogens with zero attached hydrogens (tertiary/aromatic N) is 1. The summed E-state index contributed by atoms with van der Waals surface area (Å²) in [7, 11) is 0. The van der Waals surface area contributed by atoms with Gasteiger partial charge in [-0.25, -0.2) is 0 Å². The maximum atomic E-state index is 10.1. The van der Waals surface area contributed by atoms with Crippen molar-refractivity contribution in [1.82, 2.24) is 4.90 Å². The first-order chi connectivity index (χ1) is 7.65. The number of rotatable bonds is 3. The van der Waals surface area contributed by atoms with E-state index in [9.17, 15) is 5.11 Å². The van der Waals surface area contributed by atoms with Gasteiger partial charge in [-0.15, -0.1) is 0 Å². The number of fused-ring (bicyclic) bond motifs is 1. The zero-order valence-corrected chi connectivity index (χ0v) is 11.3. The quantitative estimate of drug-likeness (QED) is 0.744. The van der Waals surface area contributed by atoms with E-state index in [2.05, 4.69) is 24.5 Å². The van der Waals surface area contributed by atoms with Crippen LogP contribution in [0.25, 0.3) is 0 Å². The van der Waals surface area contributed by atoms with E-state index in [-0.39, 0.29) is 6.23 Å². The van der Waals surface area contributed by atoms with Crippen LogP contribution in [-0.2, 0) is 0 Å². The van der Waals surface area contributed by atoms with Gasteiger partial charge in [0.2, 0.25) is 0 Å². The summed E-state index contributed by atoms with van der Waals surface area (Å²) in [6.45, 7) is 4.60. The highest BCUT2D eigenvalue weighted by atomic mass is 32.1. The summed E-state index contributed by atoms with van der Waals surface area (Å²) in [5.41, 5.74) is 0.466. The summed E-state index contributed by atoms with van der Waals surface area (Å²) in [6.07, 6.45) is 7.36. The smallest absolute Gasteiger partial charge is 0.108 e. The van der Waals surface area contributed by atoms with E-state index in [4.69, 9.17) is 0 Å². The second-order valence-corrected chi connectivity index (χ2v) is 6.30. The van der Waals surface area contributed by atoms with E-state index < -0.39 is 0 Å². The second-order valence-electron chi connectivity index (χ2n) is 5.85. The van der Waals surface area contributed by atoms with Crippen LogP contribution in [0.2, 0.25) is 0 Å². The lowest BCUT2D eigenvalue weighted by atomic mass is 9.64. The first-order valence-corrected chi connectivity index (χ1v) is 7.32. The lowest BCUT2D eigenvalue weighted by Crippen LogP contribution is -2.52. The minimum absolute atomic E-state index is 0.266. The van der Waals surface area contributed by atoms with E-state index in [0.717, 1.165) is 31.2 Å². The Kier molecular flexibility index (Phi) is 4.20. The van der Waals surface area contributed by atoms with Crippen molar-refractivity contribution in [2.45, 2.75) is 51.7 Å². The fraction of sp³-hybridized carbons (Fsp3) is 1.00. The minimum atomic E-state index is -0.266. The number of aliphatic hydroxyl groups is 1. The van der Waals surface area contributed by atoms with Crippen molar-refractivity contribution in [3.63, 3.8) is 0 Å². The molecule has 16 heavy (non-hydrogen) atoms. The lowest BCUT2D eigenvalue weighted by Gasteiger charge is -2.50. The largest absolute Gasteiger partial charge is 0.378 e. The van der Waals surface area contributed by atoms with Crippen LogP contribution in [0.3, 0.4) is 0 Å². The zero-order valence-electron chi connectivity index (χ0n) is 10.4. The third kappa shape index (κ3) is 2.57. The van der Waals surface area contributed by atoms with Crippen LogP contribution < -0.4 is 0 Å². The molecule has 0 spiro atoms. The molecule has 0 amide bonds. The molecule has 2 fully saturated rings. The highest BCUT2D eigenvalue weighted by Gasteiger charge is 2.41. The average molecular weight is 243 g/mol. The molecule has 0 aromatic heterocycles. The SMILES string of the molecule is C[C@]12CCCC[C@@H]1CCN(C(O)CCS)C2. The average Bonchev–Trinajstić information content (AvgIpc) is 2.27. The predicted octanol–water partition coefficient (Wildman–Crippen LogP) is 2.53. The van der Waals surface area contributed by atoms with E-state index in [1.54, 1.807) is 0 Å². The van der Waals surface area contributed by atoms with Gasteiger partial charge >= 0.3 is 0 Å². The van der Waals surface area contributed by atoms with Crippen molar-refractivity contribution in [3.05, 3.63) is 0 Å². The fourth-order valence-electron chi connectivity index (χ4n) is 3.59. The molecule has 1 saturated heterocycles. The highest BCUT2D eigenvalue weighted by Crippen LogP contribution is 2.46. The van der Waals surface area contributed by atoms with Crippen LogP contribution in [0, 0.1) is 11.3 Å². The molecule has 94 valence electrons. The van der Waals surface area contributed by atoms with Crippen LogP contribution in [0.4, 0.5) is 0 Å². The summed E-state index contributed by atoms with van der Waals surface area (Å²) < 4.78 is 0. The Bertz CT molecular complexity index is 236. The predicted molar refractivity (Wildman–Crippen MR) is 70.7 cm³/mol. The Morgan fingerprint density at radius 2 is 2.25 bits per heavy atom. The van der Waals surface area contributed by atoms with Crippen molar-refractivity contribution in [2.75, 3.05) is 18.8 Å². The molecule has 1 saturated carbocycles. The molecule has 0 bridgehead atoms. The normalized spacial score (nSPS) is 38.1. The Balaban J connectivity index is 1.96. The maximum absolute atomic E-state index is 10.1. The van der Waals surface area contributed by atoms with Crippen molar-refractivity contribution in [3.8, 4) is 0 Å². The Morgan fingerprint density at radius 3 is 3.00 bits per heavy atom. The molecule has 0 aromatic rings. The van der Waals surface area contributed by atoms with Gasteiger partial charge in [-0.3, -0.25) is 4.90 Å². The van der Waals surface area contributed by atoms with E-state index >= 15 is 0 Å². The summed E-state index contributed by atoms with van der Waals surface area (Å²) >= 11 is 4.21. The monoisotopic (exact) mass is 243 g/mol. The van der Waals surface area contributed by atoms with Crippen molar-refractivity contribution in [2.24, 2.45) is 11.3 Å². The van der Waals surface area contributed by atoms with E-state index in [0.29, 0.717) is 5.41 Å². The van der Waals surface area contributed by atoms with Gasteiger partial charge in [0.15, 0.2) is 0 Å². The number of aliphatic hydroxyl groups excluding tert-OH is 1. The van der Waals surface area contributed by atoms with Gasteiger partial charge in [-0.05, 0) is 42.8 Å². The van der Waals surface area contributed by atoms with Gasteiger partial charge in [0.25, 0.3) is 0 Å². The minimum Gasteiger partial charge on any atom is -0.378 e. The highest BCUT2D eigenvalue weighted by molar-refractivity contribution is 7.80. The maximum Gasteiger partial charge on any atom is 0.108 e. The summed E-state index contributed by atoms with van der Waals surface area (Å²) in [5.74, 6) is 1.68. The number of likely N-dealkylation sites (tertiary alicyclic amines) is 1. The molecule has 1 aliphatic carbocycles. The Morgan fingerprint density at radius 1 is 1.44 bits per heavy atom. The third-order valence-electron chi connectivity index (χ3n) is 4.67. The molecule has 1 N–H and O–H groups in total.